The predicted octanol–water partition coefficient (Wildman–Crippen LogP) is 1.40. The predicted molar refractivity (Wildman–Crippen MR) is 57.2 cm³/mol. The fraction of sp³-hybridized carbons (Fsp3) is 0.417. The molecule has 1 saturated carbocycles. The maximum Gasteiger partial charge on any atom is 0.320 e. The Morgan fingerprint density at radius 3 is 2.50 bits per heavy atom. The van der Waals surface area contributed by atoms with Gasteiger partial charge < -0.3 is 10.5 Å². The topological polar surface area (TPSA) is 52.3 Å². The number of halogens is 1. The first-order chi connectivity index (χ1) is 7.63. The molecule has 0 atom stereocenters. The number of benzene rings is 1. The molecule has 0 saturated heterocycles. The molecule has 16 heavy (non-hydrogen) atoms. The van der Waals surface area contributed by atoms with Gasteiger partial charge in [-0.3, -0.25) is 4.79 Å². The number of rotatable bonds is 4. The number of carbonyl (C=O) groups is 1. The second kappa shape index (κ2) is 4.22. The van der Waals surface area contributed by atoms with Gasteiger partial charge in [0.15, 0.2) is 0 Å². The van der Waals surface area contributed by atoms with Crippen molar-refractivity contribution in [2.75, 3.05) is 6.54 Å². The summed E-state index contributed by atoms with van der Waals surface area (Å²) in [6.45, 7) is -0.0921. The zero-order valence-corrected chi connectivity index (χ0v) is 8.91. The van der Waals surface area contributed by atoms with Gasteiger partial charge in [0, 0.05) is 6.42 Å². The summed E-state index contributed by atoms with van der Waals surface area (Å²) in [6, 6.07) is 6.25. The highest BCUT2D eigenvalue weighted by Crippen LogP contribution is 2.42. The maximum absolute atomic E-state index is 12.7. The second-order valence-electron chi connectivity index (χ2n) is 4.16. The van der Waals surface area contributed by atoms with E-state index < -0.39 is 0 Å². The van der Waals surface area contributed by atoms with Crippen LogP contribution in [0.4, 0.5) is 4.39 Å². The molecule has 86 valence electrons. The van der Waals surface area contributed by atoms with Crippen molar-refractivity contribution in [2.45, 2.75) is 24.9 Å². The van der Waals surface area contributed by atoms with Crippen molar-refractivity contribution in [1.82, 2.24) is 0 Å². The van der Waals surface area contributed by atoms with E-state index in [2.05, 4.69) is 0 Å². The smallest absolute Gasteiger partial charge is 0.320 e. The first-order valence-electron chi connectivity index (χ1n) is 5.30. The zero-order chi connectivity index (χ0) is 11.6. The van der Waals surface area contributed by atoms with E-state index in [4.69, 9.17) is 10.5 Å². The fourth-order valence-corrected chi connectivity index (χ4v) is 1.71. The van der Waals surface area contributed by atoms with Gasteiger partial charge in [-0.05, 0) is 30.5 Å². The molecule has 3 nitrogen and oxygen atoms in total. The van der Waals surface area contributed by atoms with Crippen LogP contribution >= 0.6 is 0 Å². The number of hydrogen-bond acceptors (Lipinski definition) is 3. The van der Waals surface area contributed by atoms with Gasteiger partial charge in [-0.15, -0.1) is 0 Å². The highest BCUT2D eigenvalue weighted by molar-refractivity contribution is 5.72. The van der Waals surface area contributed by atoms with Gasteiger partial charge in [0.25, 0.3) is 0 Å². The molecule has 0 spiro atoms. The summed E-state index contributed by atoms with van der Waals surface area (Å²) in [7, 11) is 0. The molecule has 2 rings (SSSR count). The molecular weight excluding hydrogens is 209 g/mol. The van der Waals surface area contributed by atoms with Crippen LogP contribution in [0.3, 0.4) is 0 Å². The van der Waals surface area contributed by atoms with Crippen molar-refractivity contribution in [3.05, 3.63) is 35.6 Å². The van der Waals surface area contributed by atoms with Crippen LogP contribution in [0.15, 0.2) is 24.3 Å². The van der Waals surface area contributed by atoms with Gasteiger partial charge in [0.05, 0.1) is 6.54 Å². The lowest BCUT2D eigenvalue weighted by Crippen LogP contribution is -2.27. The van der Waals surface area contributed by atoms with E-state index in [1.54, 1.807) is 12.1 Å². The molecule has 1 aliphatic rings. The van der Waals surface area contributed by atoms with Crippen molar-refractivity contribution in [1.29, 1.82) is 0 Å². The molecule has 0 bridgehead atoms. The van der Waals surface area contributed by atoms with Crippen molar-refractivity contribution in [3.8, 4) is 0 Å². The second-order valence-corrected chi connectivity index (χ2v) is 4.16. The minimum Gasteiger partial charge on any atom is -0.458 e. The standard InChI is InChI=1S/C12H14FNO2/c13-10-3-1-9(2-4-10)7-12(5-6-12)16-11(15)8-14/h1-4H,5-8,14H2. The van der Waals surface area contributed by atoms with E-state index in [0.717, 1.165) is 18.4 Å². The summed E-state index contributed by atoms with van der Waals surface area (Å²) in [6.07, 6.45) is 2.35. The summed E-state index contributed by atoms with van der Waals surface area (Å²) < 4.78 is 18.0. The van der Waals surface area contributed by atoms with Crippen LogP contribution in [0.2, 0.25) is 0 Å². The van der Waals surface area contributed by atoms with Crippen molar-refractivity contribution in [3.63, 3.8) is 0 Å². The van der Waals surface area contributed by atoms with E-state index in [1.807, 2.05) is 0 Å². The van der Waals surface area contributed by atoms with Crippen molar-refractivity contribution >= 4 is 5.97 Å². The quantitative estimate of drug-likeness (QED) is 0.785. The van der Waals surface area contributed by atoms with E-state index in [0.29, 0.717) is 6.42 Å². The van der Waals surface area contributed by atoms with Gasteiger partial charge in [0.2, 0.25) is 0 Å². The van der Waals surface area contributed by atoms with E-state index in [-0.39, 0.29) is 23.9 Å². The van der Waals surface area contributed by atoms with E-state index >= 15 is 0 Å². The Labute approximate surface area is 93.4 Å². The summed E-state index contributed by atoms with van der Waals surface area (Å²) in [5.41, 5.74) is 5.79. The number of esters is 1. The first kappa shape index (κ1) is 11.1. The van der Waals surface area contributed by atoms with Crippen molar-refractivity contribution in [2.24, 2.45) is 5.73 Å². The SMILES string of the molecule is NCC(=O)OC1(Cc2ccc(F)cc2)CC1. The van der Waals surface area contributed by atoms with Crippen LogP contribution in [0.1, 0.15) is 18.4 Å². The molecule has 1 aromatic carbocycles. The monoisotopic (exact) mass is 223 g/mol. The van der Waals surface area contributed by atoms with Gasteiger partial charge in [-0.1, -0.05) is 12.1 Å². The largest absolute Gasteiger partial charge is 0.458 e. The van der Waals surface area contributed by atoms with Gasteiger partial charge in [0.1, 0.15) is 11.4 Å². The normalized spacial score (nSPS) is 16.9. The summed E-state index contributed by atoms with van der Waals surface area (Å²) in [4.78, 5) is 11.1. The summed E-state index contributed by atoms with van der Waals surface area (Å²) in [5.74, 6) is -0.632. The first-order valence-corrected chi connectivity index (χ1v) is 5.30. The molecule has 0 aliphatic heterocycles. The lowest BCUT2D eigenvalue weighted by Gasteiger charge is -2.16. The Morgan fingerprint density at radius 1 is 1.38 bits per heavy atom. The Bertz CT molecular complexity index is 385. The van der Waals surface area contributed by atoms with Gasteiger partial charge in [-0.2, -0.15) is 0 Å². The van der Waals surface area contributed by atoms with Gasteiger partial charge in [-0.25, -0.2) is 4.39 Å². The molecular formula is C12H14FNO2. The number of nitrogens with two attached hydrogens (primary N) is 1. The zero-order valence-electron chi connectivity index (χ0n) is 8.91. The third kappa shape index (κ3) is 2.58. The number of hydrogen-bond donors (Lipinski definition) is 1. The molecule has 1 aromatic rings. The average Bonchev–Trinajstić information content (AvgIpc) is 3.01. The van der Waals surface area contributed by atoms with Gasteiger partial charge >= 0.3 is 5.97 Å². The lowest BCUT2D eigenvalue weighted by atomic mass is 10.1. The molecule has 1 fully saturated rings. The minimum atomic E-state index is -0.381. The number of ether oxygens (including phenoxy) is 1. The van der Waals surface area contributed by atoms with Crippen molar-refractivity contribution < 1.29 is 13.9 Å². The molecule has 4 heteroatoms. The Hall–Kier alpha value is -1.42. The summed E-state index contributed by atoms with van der Waals surface area (Å²) >= 11 is 0. The highest BCUT2D eigenvalue weighted by Gasteiger charge is 2.46. The molecule has 0 unspecified atom stereocenters. The Kier molecular flexibility index (Phi) is 2.92. The molecule has 1 aliphatic carbocycles. The van der Waals surface area contributed by atoms with Crippen LogP contribution in [-0.4, -0.2) is 18.1 Å². The van der Waals surface area contributed by atoms with Crippen LogP contribution in [-0.2, 0) is 16.0 Å². The van der Waals surface area contributed by atoms with Crippen LogP contribution in [0.25, 0.3) is 0 Å². The van der Waals surface area contributed by atoms with E-state index in [1.165, 1.54) is 12.1 Å². The molecule has 2 N–H and O–H groups in total. The van der Waals surface area contributed by atoms with Crippen LogP contribution < -0.4 is 5.73 Å². The molecule has 0 heterocycles. The Morgan fingerprint density at radius 2 is 2.00 bits per heavy atom. The fourth-order valence-electron chi connectivity index (χ4n) is 1.71. The highest BCUT2D eigenvalue weighted by atomic mass is 19.1. The summed E-state index contributed by atoms with van der Waals surface area (Å²) in [5, 5.41) is 0. The minimum absolute atomic E-state index is 0.0921. The average molecular weight is 223 g/mol. The molecule has 0 radical (unpaired) electrons. The third-order valence-electron chi connectivity index (χ3n) is 2.74. The van der Waals surface area contributed by atoms with Crippen LogP contribution in [0, 0.1) is 5.82 Å². The molecule has 0 aromatic heterocycles. The number of carbonyl (C=O) groups excluding carboxylic acids is 1. The third-order valence-corrected chi connectivity index (χ3v) is 2.74. The Balaban J connectivity index is 1.99. The van der Waals surface area contributed by atoms with Crippen LogP contribution in [0.5, 0.6) is 0 Å². The lowest BCUT2D eigenvalue weighted by molar-refractivity contribution is -0.149. The molecule has 0 amide bonds. The van der Waals surface area contributed by atoms with E-state index in [9.17, 15) is 9.18 Å². The maximum atomic E-state index is 12.7.